The average molecular weight is 337 g/mol. The van der Waals surface area contributed by atoms with Crippen LogP contribution < -0.4 is 5.32 Å². The van der Waals surface area contributed by atoms with Crippen molar-refractivity contribution in [1.82, 2.24) is 15.1 Å². The third-order valence-corrected chi connectivity index (χ3v) is 5.27. The highest BCUT2D eigenvalue weighted by molar-refractivity contribution is 7.08. The van der Waals surface area contributed by atoms with Crippen LogP contribution in [0.3, 0.4) is 0 Å². The van der Waals surface area contributed by atoms with Crippen molar-refractivity contribution < 1.29 is 9.59 Å². The van der Waals surface area contributed by atoms with Gasteiger partial charge in [0.05, 0.1) is 0 Å². The molecule has 1 aliphatic heterocycles. The van der Waals surface area contributed by atoms with Crippen molar-refractivity contribution in [3.05, 3.63) is 22.4 Å². The van der Waals surface area contributed by atoms with E-state index in [1.165, 1.54) is 11.3 Å². The van der Waals surface area contributed by atoms with Gasteiger partial charge in [0.2, 0.25) is 5.91 Å². The molecule has 1 aromatic heterocycles. The van der Waals surface area contributed by atoms with E-state index in [4.69, 9.17) is 0 Å². The van der Waals surface area contributed by atoms with Gasteiger partial charge in [-0.2, -0.15) is 11.3 Å². The van der Waals surface area contributed by atoms with Crippen LogP contribution in [-0.2, 0) is 4.79 Å². The Morgan fingerprint density at radius 3 is 2.74 bits per heavy atom. The molecule has 2 amide bonds. The van der Waals surface area contributed by atoms with Gasteiger partial charge >= 0.3 is 0 Å². The minimum atomic E-state index is -0.0565. The fraction of sp³-hybridized carbons (Fsp3) is 0.647. The summed E-state index contributed by atoms with van der Waals surface area (Å²) in [4.78, 5) is 28.4. The van der Waals surface area contributed by atoms with Crippen molar-refractivity contribution in [2.45, 2.75) is 38.6 Å². The molecular formula is C17H27N3O2S. The number of rotatable bonds is 7. The number of carbonyl (C=O) groups excluding carboxylic acids is 2. The molecule has 5 nitrogen and oxygen atoms in total. The topological polar surface area (TPSA) is 52.6 Å². The number of hydrogen-bond donors (Lipinski definition) is 1. The SMILES string of the molecule is CCN1CCC(N(C)C(=O)CCCNC(=O)c2ccsc2)CC1. The minimum absolute atomic E-state index is 0.0565. The maximum Gasteiger partial charge on any atom is 0.252 e. The molecule has 6 heteroatoms. The molecule has 1 N–H and O–H groups in total. The summed E-state index contributed by atoms with van der Waals surface area (Å²) in [5.41, 5.74) is 0.695. The van der Waals surface area contributed by atoms with E-state index in [-0.39, 0.29) is 11.8 Å². The van der Waals surface area contributed by atoms with E-state index in [0.717, 1.165) is 32.5 Å². The number of hydrogen-bond acceptors (Lipinski definition) is 4. The summed E-state index contributed by atoms with van der Waals surface area (Å²) in [5, 5.41) is 6.58. The summed E-state index contributed by atoms with van der Waals surface area (Å²) >= 11 is 1.51. The second-order valence-electron chi connectivity index (χ2n) is 6.04. The van der Waals surface area contributed by atoms with Crippen molar-refractivity contribution in [1.29, 1.82) is 0 Å². The molecule has 0 unspecified atom stereocenters. The van der Waals surface area contributed by atoms with Gasteiger partial charge in [0.25, 0.3) is 5.91 Å². The average Bonchev–Trinajstić information content (AvgIpc) is 3.12. The first-order valence-electron chi connectivity index (χ1n) is 8.40. The lowest BCUT2D eigenvalue weighted by Gasteiger charge is -2.36. The Balaban J connectivity index is 1.63. The molecule has 1 aromatic rings. The second kappa shape index (κ2) is 9.03. The van der Waals surface area contributed by atoms with Gasteiger partial charge in [-0.25, -0.2) is 0 Å². The number of piperidine rings is 1. The van der Waals surface area contributed by atoms with Crippen LogP contribution in [0.1, 0.15) is 43.0 Å². The molecule has 0 bridgehead atoms. The van der Waals surface area contributed by atoms with Crippen LogP contribution in [-0.4, -0.2) is 60.9 Å². The lowest BCUT2D eigenvalue weighted by Crippen LogP contribution is -2.45. The molecule has 0 radical (unpaired) electrons. The van der Waals surface area contributed by atoms with Gasteiger partial charge in [-0.3, -0.25) is 9.59 Å². The van der Waals surface area contributed by atoms with Crippen LogP contribution in [0.25, 0.3) is 0 Å². The lowest BCUT2D eigenvalue weighted by atomic mass is 10.0. The van der Waals surface area contributed by atoms with Crippen LogP contribution in [0.15, 0.2) is 16.8 Å². The van der Waals surface area contributed by atoms with E-state index in [1.54, 1.807) is 0 Å². The molecule has 0 spiro atoms. The van der Waals surface area contributed by atoms with Crippen LogP contribution in [0.4, 0.5) is 0 Å². The molecule has 0 atom stereocenters. The molecule has 1 aliphatic rings. The van der Waals surface area contributed by atoms with E-state index in [1.807, 2.05) is 28.8 Å². The number of amides is 2. The van der Waals surface area contributed by atoms with Gasteiger partial charge in [-0.1, -0.05) is 6.92 Å². The van der Waals surface area contributed by atoms with Crippen molar-refractivity contribution in [3.8, 4) is 0 Å². The first kappa shape index (κ1) is 17.9. The van der Waals surface area contributed by atoms with Gasteiger partial charge < -0.3 is 15.1 Å². The minimum Gasteiger partial charge on any atom is -0.352 e. The van der Waals surface area contributed by atoms with E-state index in [9.17, 15) is 9.59 Å². The zero-order valence-electron chi connectivity index (χ0n) is 14.1. The van der Waals surface area contributed by atoms with Crippen LogP contribution >= 0.6 is 11.3 Å². The maximum absolute atomic E-state index is 12.3. The highest BCUT2D eigenvalue weighted by Crippen LogP contribution is 2.16. The predicted octanol–water partition coefficient (Wildman–Crippen LogP) is 2.20. The summed E-state index contributed by atoms with van der Waals surface area (Å²) in [7, 11) is 1.92. The van der Waals surface area contributed by atoms with Gasteiger partial charge in [0.1, 0.15) is 0 Å². The molecule has 1 saturated heterocycles. The Labute approximate surface area is 142 Å². The number of likely N-dealkylation sites (tertiary alicyclic amines) is 1. The third kappa shape index (κ3) is 5.32. The number of nitrogens with zero attached hydrogens (tertiary/aromatic N) is 2. The zero-order chi connectivity index (χ0) is 16.7. The van der Waals surface area contributed by atoms with Crippen LogP contribution in [0.2, 0.25) is 0 Å². The molecule has 128 valence electrons. The Bertz CT molecular complexity index is 496. The standard InChI is InChI=1S/C17H27N3O2S/c1-3-20-10-6-15(7-11-20)19(2)16(21)5-4-9-18-17(22)14-8-12-23-13-14/h8,12-13,15H,3-7,9-11H2,1-2H3,(H,18,22). The monoisotopic (exact) mass is 337 g/mol. The van der Waals surface area contributed by atoms with Crippen molar-refractivity contribution >= 4 is 23.2 Å². The highest BCUT2D eigenvalue weighted by Gasteiger charge is 2.24. The Kier molecular flexibility index (Phi) is 7.05. The molecule has 2 rings (SSSR count). The van der Waals surface area contributed by atoms with E-state index >= 15 is 0 Å². The second-order valence-corrected chi connectivity index (χ2v) is 6.82. The fourth-order valence-electron chi connectivity index (χ4n) is 2.94. The van der Waals surface area contributed by atoms with E-state index < -0.39 is 0 Å². The normalized spacial score (nSPS) is 16.3. The smallest absolute Gasteiger partial charge is 0.252 e. The predicted molar refractivity (Wildman–Crippen MR) is 93.8 cm³/mol. The molecule has 2 heterocycles. The van der Waals surface area contributed by atoms with E-state index in [0.29, 0.717) is 31.0 Å². The highest BCUT2D eigenvalue weighted by atomic mass is 32.1. The van der Waals surface area contributed by atoms with Crippen molar-refractivity contribution in [2.75, 3.05) is 33.2 Å². The van der Waals surface area contributed by atoms with E-state index in [2.05, 4.69) is 17.1 Å². The molecule has 1 fully saturated rings. The summed E-state index contributed by atoms with van der Waals surface area (Å²) in [6.45, 7) is 5.97. The number of nitrogens with one attached hydrogen (secondary N) is 1. The maximum atomic E-state index is 12.3. The number of thiophene rings is 1. The van der Waals surface area contributed by atoms with Crippen molar-refractivity contribution in [3.63, 3.8) is 0 Å². The summed E-state index contributed by atoms with van der Waals surface area (Å²) in [6, 6.07) is 2.17. The molecule has 0 saturated carbocycles. The number of carbonyl (C=O) groups is 2. The van der Waals surface area contributed by atoms with Gasteiger partial charge in [-0.15, -0.1) is 0 Å². The third-order valence-electron chi connectivity index (χ3n) is 4.58. The molecule has 23 heavy (non-hydrogen) atoms. The van der Waals surface area contributed by atoms with Gasteiger partial charge in [-0.05, 0) is 37.3 Å². The van der Waals surface area contributed by atoms with Crippen LogP contribution in [0, 0.1) is 0 Å². The summed E-state index contributed by atoms with van der Waals surface area (Å²) in [5.74, 6) is 0.128. The Morgan fingerprint density at radius 2 is 2.13 bits per heavy atom. The summed E-state index contributed by atoms with van der Waals surface area (Å²) < 4.78 is 0. The largest absolute Gasteiger partial charge is 0.352 e. The first-order valence-corrected chi connectivity index (χ1v) is 9.34. The molecular weight excluding hydrogens is 310 g/mol. The molecule has 0 aromatic carbocycles. The van der Waals surface area contributed by atoms with Gasteiger partial charge in [0.15, 0.2) is 0 Å². The quantitative estimate of drug-likeness (QED) is 0.776. The zero-order valence-corrected chi connectivity index (χ0v) is 14.9. The fourth-order valence-corrected chi connectivity index (χ4v) is 3.58. The van der Waals surface area contributed by atoms with Crippen LogP contribution in [0.5, 0.6) is 0 Å². The summed E-state index contributed by atoms with van der Waals surface area (Å²) in [6.07, 6.45) is 3.30. The Hall–Kier alpha value is -1.40. The first-order chi connectivity index (χ1) is 11.1. The Morgan fingerprint density at radius 1 is 1.39 bits per heavy atom. The molecule has 0 aliphatic carbocycles. The van der Waals surface area contributed by atoms with Crippen molar-refractivity contribution in [2.24, 2.45) is 0 Å². The lowest BCUT2D eigenvalue weighted by molar-refractivity contribution is -0.132. The van der Waals surface area contributed by atoms with Gasteiger partial charge in [0, 0.05) is 50.1 Å².